The van der Waals surface area contributed by atoms with Gasteiger partial charge in [0.05, 0.1) is 6.61 Å². The lowest BCUT2D eigenvalue weighted by Gasteiger charge is -2.15. The molecule has 20 heavy (non-hydrogen) atoms. The summed E-state index contributed by atoms with van der Waals surface area (Å²) < 4.78 is 0. The molecular weight excluding hydrogens is 266 g/mol. The zero-order chi connectivity index (χ0) is 14.2. The maximum Gasteiger partial charge on any atom is 0.0540 e. The summed E-state index contributed by atoms with van der Waals surface area (Å²) in [7, 11) is 2.13. The van der Waals surface area contributed by atoms with Gasteiger partial charge in [-0.3, -0.25) is 4.90 Å². The second-order valence-electron chi connectivity index (χ2n) is 4.78. The Morgan fingerprint density at radius 1 is 1.10 bits per heavy atom. The fraction of sp³-hybridized carbons (Fsp3) is 0.294. The van der Waals surface area contributed by atoms with Gasteiger partial charge < -0.3 is 5.11 Å². The van der Waals surface area contributed by atoms with Gasteiger partial charge in [0.25, 0.3) is 0 Å². The molecule has 0 spiro atoms. The van der Waals surface area contributed by atoms with Crippen LogP contribution in [0.25, 0.3) is 0 Å². The van der Waals surface area contributed by atoms with Crippen LogP contribution in [0.15, 0.2) is 41.1 Å². The summed E-state index contributed by atoms with van der Waals surface area (Å²) in [5, 5.41) is 13.0. The molecule has 1 heterocycles. The quantitative estimate of drug-likeness (QED) is 0.853. The van der Waals surface area contributed by atoms with Crippen LogP contribution in [0.5, 0.6) is 0 Å². The monoisotopic (exact) mass is 285 g/mol. The fourth-order valence-electron chi connectivity index (χ4n) is 1.98. The minimum absolute atomic E-state index is 0.123. The molecule has 0 atom stereocenters. The standard InChI is InChI=1S/C17H19NOS/c1-18(13-17-9-11-20-14-17)12-16-7-5-15(6-8-16)4-2-3-10-19/h5-9,11,14,19H,3,10,12-13H2,1H3. The number of hydrogen-bond donors (Lipinski definition) is 1. The predicted octanol–water partition coefficient (Wildman–Crippen LogP) is 3.11. The van der Waals surface area contributed by atoms with Gasteiger partial charge in [0, 0.05) is 25.1 Å². The molecule has 0 radical (unpaired) electrons. The SMILES string of the molecule is CN(Cc1ccc(C#CCCO)cc1)Cc1ccsc1. The summed E-state index contributed by atoms with van der Waals surface area (Å²) in [6, 6.07) is 10.5. The van der Waals surface area contributed by atoms with Crippen molar-refractivity contribution >= 4 is 11.3 Å². The Labute approximate surface area is 124 Å². The highest BCUT2D eigenvalue weighted by Gasteiger charge is 2.02. The Morgan fingerprint density at radius 2 is 1.85 bits per heavy atom. The van der Waals surface area contributed by atoms with Crippen LogP contribution in [-0.2, 0) is 13.1 Å². The van der Waals surface area contributed by atoms with Crippen molar-refractivity contribution in [2.24, 2.45) is 0 Å². The van der Waals surface area contributed by atoms with Crippen molar-refractivity contribution in [3.63, 3.8) is 0 Å². The first kappa shape index (κ1) is 14.8. The number of benzene rings is 1. The highest BCUT2D eigenvalue weighted by molar-refractivity contribution is 7.07. The molecule has 1 aromatic heterocycles. The van der Waals surface area contributed by atoms with E-state index in [1.165, 1.54) is 11.1 Å². The minimum Gasteiger partial charge on any atom is -0.395 e. The van der Waals surface area contributed by atoms with E-state index in [0.717, 1.165) is 18.7 Å². The highest BCUT2D eigenvalue weighted by atomic mass is 32.1. The van der Waals surface area contributed by atoms with Gasteiger partial charge in [-0.05, 0) is 47.1 Å². The van der Waals surface area contributed by atoms with E-state index in [0.29, 0.717) is 6.42 Å². The minimum atomic E-state index is 0.123. The van der Waals surface area contributed by atoms with Crippen LogP contribution in [0.3, 0.4) is 0 Å². The van der Waals surface area contributed by atoms with Gasteiger partial charge in [0.15, 0.2) is 0 Å². The third kappa shape index (κ3) is 4.82. The Hall–Kier alpha value is -1.60. The zero-order valence-electron chi connectivity index (χ0n) is 11.7. The van der Waals surface area contributed by atoms with Gasteiger partial charge in [0.1, 0.15) is 0 Å². The van der Waals surface area contributed by atoms with E-state index in [9.17, 15) is 0 Å². The summed E-state index contributed by atoms with van der Waals surface area (Å²) in [4.78, 5) is 2.30. The van der Waals surface area contributed by atoms with E-state index in [-0.39, 0.29) is 6.61 Å². The number of nitrogens with zero attached hydrogens (tertiary/aromatic N) is 1. The van der Waals surface area contributed by atoms with E-state index in [1.54, 1.807) is 11.3 Å². The van der Waals surface area contributed by atoms with Crippen molar-refractivity contribution in [2.45, 2.75) is 19.5 Å². The van der Waals surface area contributed by atoms with Crippen molar-refractivity contribution in [3.05, 3.63) is 57.8 Å². The molecule has 0 unspecified atom stereocenters. The Balaban J connectivity index is 1.88. The smallest absolute Gasteiger partial charge is 0.0540 e. The highest BCUT2D eigenvalue weighted by Crippen LogP contribution is 2.11. The lowest BCUT2D eigenvalue weighted by molar-refractivity contribution is 0.305. The molecule has 3 heteroatoms. The summed E-state index contributed by atoms with van der Waals surface area (Å²) >= 11 is 1.74. The Morgan fingerprint density at radius 3 is 2.50 bits per heavy atom. The van der Waals surface area contributed by atoms with Gasteiger partial charge >= 0.3 is 0 Å². The summed E-state index contributed by atoms with van der Waals surface area (Å²) in [5.41, 5.74) is 3.65. The molecule has 104 valence electrons. The van der Waals surface area contributed by atoms with Crippen LogP contribution < -0.4 is 0 Å². The number of hydrogen-bond acceptors (Lipinski definition) is 3. The first-order valence-corrected chi connectivity index (χ1v) is 7.60. The normalized spacial score (nSPS) is 10.3. The van der Waals surface area contributed by atoms with Crippen molar-refractivity contribution in [2.75, 3.05) is 13.7 Å². The first-order chi connectivity index (χ1) is 9.78. The number of aliphatic hydroxyl groups is 1. The number of rotatable bonds is 5. The van der Waals surface area contributed by atoms with Gasteiger partial charge in [0.2, 0.25) is 0 Å². The maximum atomic E-state index is 8.69. The lowest BCUT2D eigenvalue weighted by Crippen LogP contribution is -2.16. The van der Waals surface area contributed by atoms with E-state index < -0.39 is 0 Å². The van der Waals surface area contributed by atoms with E-state index in [2.05, 4.69) is 52.7 Å². The average Bonchev–Trinajstić information content (AvgIpc) is 2.94. The van der Waals surface area contributed by atoms with Crippen LogP contribution >= 0.6 is 11.3 Å². The molecule has 2 aromatic rings. The Bertz CT molecular complexity index is 563. The third-order valence-corrected chi connectivity index (χ3v) is 3.64. The van der Waals surface area contributed by atoms with Gasteiger partial charge in [-0.1, -0.05) is 24.0 Å². The van der Waals surface area contributed by atoms with Crippen molar-refractivity contribution in [3.8, 4) is 11.8 Å². The molecule has 2 rings (SSSR count). The van der Waals surface area contributed by atoms with Crippen molar-refractivity contribution in [1.29, 1.82) is 0 Å². The Kier molecular flexibility index (Phi) is 5.82. The van der Waals surface area contributed by atoms with Crippen molar-refractivity contribution < 1.29 is 5.11 Å². The maximum absolute atomic E-state index is 8.69. The summed E-state index contributed by atoms with van der Waals surface area (Å²) in [6.45, 7) is 2.03. The van der Waals surface area contributed by atoms with Crippen LogP contribution in [0, 0.1) is 11.8 Å². The topological polar surface area (TPSA) is 23.5 Å². The molecule has 0 aliphatic heterocycles. The molecule has 1 N–H and O–H groups in total. The number of thiophene rings is 1. The molecule has 0 amide bonds. The predicted molar refractivity (Wildman–Crippen MR) is 84.5 cm³/mol. The van der Waals surface area contributed by atoms with E-state index in [1.807, 2.05) is 12.1 Å². The molecule has 1 aromatic carbocycles. The van der Waals surface area contributed by atoms with Crippen LogP contribution in [0.1, 0.15) is 23.1 Å². The average molecular weight is 285 g/mol. The molecule has 0 aliphatic carbocycles. The summed E-state index contributed by atoms with van der Waals surface area (Å²) in [5.74, 6) is 5.97. The molecular formula is C17H19NOS. The molecule has 0 saturated heterocycles. The lowest BCUT2D eigenvalue weighted by atomic mass is 10.1. The van der Waals surface area contributed by atoms with Gasteiger partial charge in [-0.15, -0.1) is 0 Å². The molecule has 0 saturated carbocycles. The van der Waals surface area contributed by atoms with Crippen LogP contribution in [0.2, 0.25) is 0 Å². The van der Waals surface area contributed by atoms with Crippen LogP contribution in [0.4, 0.5) is 0 Å². The second-order valence-corrected chi connectivity index (χ2v) is 5.56. The molecule has 0 bridgehead atoms. The van der Waals surface area contributed by atoms with Gasteiger partial charge in [-0.25, -0.2) is 0 Å². The fourth-order valence-corrected chi connectivity index (χ4v) is 2.64. The zero-order valence-corrected chi connectivity index (χ0v) is 12.5. The first-order valence-electron chi connectivity index (χ1n) is 6.66. The molecule has 0 fully saturated rings. The van der Waals surface area contributed by atoms with E-state index in [4.69, 9.17) is 5.11 Å². The van der Waals surface area contributed by atoms with E-state index >= 15 is 0 Å². The second kappa shape index (κ2) is 7.86. The number of aliphatic hydroxyl groups excluding tert-OH is 1. The van der Waals surface area contributed by atoms with Crippen molar-refractivity contribution in [1.82, 2.24) is 4.90 Å². The van der Waals surface area contributed by atoms with Gasteiger partial charge in [-0.2, -0.15) is 11.3 Å². The van der Waals surface area contributed by atoms with Crippen LogP contribution in [-0.4, -0.2) is 23.7 Å². The third-order valence-electron chi connectivity index (χ3n) is 2.91. The molecule has 0 aliphatic rings. The molecule has 2 nitrogen and oxygen atoms in total. The summed E-state index contributed by atoms with van der Waals surface area (Å²) in [6.07, 6.45) is 0.533. The largest absolute Gasteiger partial charge is 0.395 e.